The van der Waals surface area contributed by atoms with E-state index in [-0.39, 0.29) is 5.91 Å². The SMILES string of the molecule is CCCCOc1ccc(C(=O)Nc2ccc(C34CC5CC(CC(C5)C3)C4)cc2)cc1. The van der Waals surface area contributed by atoms with Gasteiger partial charge in [0.2, 0.25) is 0 Å². The van der Waals surface area contributed by atoms with Gasteiger partial charge >= 0.3 is 0 Å². The minimum atomic E-state index is -0.0716. The zero-order valence-electron chi connectivity index (χ0n) is 18.0. The van der Waals surface area contributed by atoms with Crippen molar-refractivity contribution in [3.63, 3.8) is 0 Å². The van der Waals surface area contributed by atoms with Crippen LogP contribution >= 0.6 is 0 Å². The molecule has 0 radical (unpaired) electrons. The number of amides is 1. The Kier molecular flexibility index (Phi) is 5.30. The van der Waals surface area contributed by atoms with Gasteiger partial charge in [-0.25, -0.2) is 0 Å². The van der Waals surface area contributed by atoms with Crippen molar-refractivity contribution in [1.29, 1.82) is 0 Å². The topological polar surface area (TPSA) is 38.3 Å². The predicted octanol–water partition coefficient (Wildman–Crippen LogP) is 6.59. The molecular formula is C27H33NO2. The Labute approximate surface area is 180 Å². The van der Waals surface area contributed by atoms with Crippen LogP contribution in [0.2, 0.25) is 0 Å². The molecule has 0 aromatic heterocycles. The minimum absolute atomic E-state index is 0.0716. The van der Waals surface area contributed by atoms with Crippen LogP contribution in [0.1, 0.15) is 74.2 Å². The van der Waals surface area contributed by atoms with Crippen LogP contribution in [0.5, 0.6) is 5.75 Å². The Morgan fingerprint density at radius 1 is 0.933 bits per heavy atom. The second kappa shape index (κ2) is 8.09. The lowest BCUT2D eigenvalue weighted by molar-refractivity contribution is -0.00518. The van der Waals surface area contributed by atoms with Crippen molar-refractivity contribution in [2.75, 3.05) is 11.9 Å². The van der Waals surface area contributed by atoms with Crippen LogP contribution in [0.3, 0.4) is 0 Å². The van der Waals surface area contributed by atoms with Gasteiger partial charge in [-0.15, -0.1) is 0 Å². The summed E-state index contributed by atoms with van der Waals surface area (Å²) in [5.74, 6) is 3.59. The average Bonchev–Trinajstić information content (AvgIpc) is 2.74. The number of carbonyl (C=O) groups excluding carboxylic acids is 1. The van der Waals surface area contributed by atoms with Gasteiger partial charge in [0.1, 0.15) is 5.75 Å². The number of rotatable bonds is 7. The average molecular weight is 404 g/mol. The highest BCUT2D eigenvalue weighted by Gasteiger charge is 2.51. The van der Waals surface area contributed by atoms with Crippen LogP contribution in [-0.2, 0) is 5.41 Å². The van der Waals surface area contributed by atoms with Crippen LogP contribution in [-0.4, -0.2) is 12.5 Å². The lowest BCUT2D eigenvalue weighted by Crippen LogP contribution is -2.48. The lowest BCUT2D eigenvalue weighted by Gasteiger charge is -2.57. The van der Waals surface area contributed by atoms with Gasteiger partial charge in [0.25, 0.3) is 5.91 Å². The third-order valence-corrected chi connectivity index (χ3v) is 7.68. The number of ether oxygens (including phenoxy) is 1. The maximum atomic E-state index is 12.6. The first kappa shape index (κ1) is 19.7. The first-order valence-electron chi connectivity index (χ1n) is 11.8. The molecule has 4 fully saturated rings. The van der Waals surface area contributed by atoms with Crippen molar-refractivity contribution in [2.45, 2.75) is 63.7 Å². The van der Waals surface area contributed by atoms with Crippen LogP contribution in [0.25, 0.3) is 0 Å². The summed E-state index contributed by atoms with van der Waals surface area (Å²) in [7, 11) is 0. The van der Waals surface area contributed by atoms with Crippen LogP contribution < -0.4 is 10.1 Å². The predicted molar refractivity (Wildman–Crippen MR) is 121 cm³/mol. The molecule has 1 N–H and O–H groups in total. The highest BCUT2D eigenvalue weighted by Crippen LogP contribution is 2.60. The molecular weight excluding hydrogens is 370 g/mol. The molecule has 4 saturated carbocycles. The van der Waals surface area contributed by atoms with Gasteiger partial charge < -0.3 is 10.1 Å². The van der Waals surface area contributed by atoms with E-state index < -0.39 is 0 Å². The fourth-order valence-corrected chi connectivity index (χ4v) is 6.61. The molecule has 0 heterocycles. The quantitative estimate of drug-likeness (QED) is 0.530. The third kappa shape index (κ3) is 3.87. The maximum absolute atomic E-state index is 12.6. The molecule has 0 saturated heterocycles. The van der Waals surface area contributed by atoms with Crippen molar-refractivity contribution in [3.05, 3.63) is 59.7 Å². The Bertz CT molecular complexity index is 849. The summed E-state index contributed by atoms with van der Waals surface area (Å²) in [5, 5.41) is 3.05. The number of nitrogens with one attached hydrogen (secondary N) is 1. The smallest absolute Gasteiger partial charge is 0.255 e. The number of unbranched alkanes of at least 4 members (excludes halogenated alkanes) is 1. The molecule has 0 aliphatic heterocycles. The zero-order valence-corrected chi connectivity index (χ0v) is 18.0. The van der Waals surface area contributed by atoms with Crippen molar-refractivity contribution < 1.29 is 9.53 Å². The van der Waals surface area contributed by atoms with Crippen LogP contribution in [0.4, 0.5) is 5.69 Å². The van der Waals surface area contributed by atoms with Gasteiger partial charge in [-0.1, -0.05) is 25.5 Å². The van der Waals surface area contributed by atoms with E-state index in [1.54, 1.807) is 0 Å². The number of hydrogen-bond acceptors (Lipinski definition) is 2. The lowest BCUT2D eigenvalue weighted by atomic mass is 9.48. The molecule has 2 aromatic rings. The third-order valence-electron chi connectivity index (χ3n) is 7.68. The van der Waals surface area contributed by atoms with Crippen molar-refractivity contribution in [3.8, 4) is 5.75 Å². The molecule has 3 heteroatoms. The fraction of sp³-hybridized carbons (Fsp3) is 0.519. The van der Waals surface area contributed by atoms with Gasteiger partial charge in [-0.3, -0.25) is 4.79 Å². The van der Waals surface area contributed by atoms with Gasteiger partial charge in [0.05, 0.1) is 6.61 Å². The van der Waals surface area contributed by atoms with E-state index >= 15 is 0 Å². The molecule has 0 unspecified atom stereocenters. The summed E-state index contributed by atoms with van der Waals surface area (Å²) in [6.45, 7) is 2.87. The zero-order chi connectivity index (χ0) is 20.6. The number of hydrogen-bond donors (Lipinski definition) is 1. The Hall–Kier alpha value is -2.29. The summed E-state index contributed by atoms with van der Waals surface area (Å²) in [5.41, 5.74) is 3.43. The highest BCUT2D eigenvalue weighted by atomic mass is 16.5. The number of carbonyl (C=O) groups is 1. The molecule has 4 bridgehead atoms. The van der Waals surface area contributed by atoms with E-state index in [1.807, 2.05) is 24.3 Å². The maximum Gasteiger partial charge on any atom is 0.255 e. The van der Waals surface area contributed by atoms with E-state index in [9.17, 15) is 4.79 Å². The standard InChI is InChI=1S/C27H33NO2/c1-2-3-12-30-25-10-4-22(5-11-25)26(29)28-24-8-6-23(7-9-24)27-16-19-13-20(17-27)15-21(14-19)18-27/h4-11,19-21H,2-3,12-18H2,1H3,(H,28,29). The molecule has 158 valence electrons. The van der Waals surface area contributed by atoms with Crippen molar-refractivity contribution in [2.24, 2.45) is 17.8 Å². The van der Waals surface area contributed by atoms with E-state index in [0.717, 1.165) is 48.6 Å². The molecule has 4 aliphatic rings. The molecule has 4 aliphatic carbocycles. The molecule has 2 aromatic carbocycles. The number of benzene rings is 2. The van der Waals surface area contributed by atoms with E-state index in [4.69, 9.17) is 4.74 Å². The van der Waals surface area contributed by atoms with Crippen LogP contribution in [0, 0.1) is 17.8 Å². The second-order valence-corrected chi connectivity index (χ2v) is 9.96. The normalized spacial score (nSPS) is 29.0. The Morgan fingerprint density at radius 2 is 1.53 bits per heavy atom. The van der Waals surface area contributed by atoms with Crippen LogP contribution in [0.15, 0.2) is 48.5 Å². The largest absolute Gasteiger partial charge is 0.494 e. The fourth-order valence-electron chi connectivity index (χ4n) is 6.61. The summed E-state index contributed by atoms with van der Waals surface area (Å²) in [6.07, 6.45) is 10.7. The molecule has 3 nitrogen and oxygen atoms in total. The van der Waals surface area contributed by atoms with E-state index in [0.29, 0.717) is 11.0 Å². The molecule has 30 heavy (non-hydrogen) atoms. The monoisotopic (exact) mass is 403 g/mol. The summed E-state index contributed by atoms with van der Waals surface area (Å²) in [6, 6.07) is 16.1. The van der Waals surface area contributed by atoms with Gasteiger partial charge in [0, 0.05) is 11.3 Å². The first-order chi connectivity index (χ1) is 14.6. The first-order valence-corrected chi connectivity index (χ1v) is 11.8. The number of anilines is 1. The van der Waals surface area contributed by atoms with E-state index in [1.165, 1.54) is 44.1 Å². The Balaban J connectivity index is 1.23. The summed E-state index contributed by atoms with van der Waals surface area (Å²) >= 11 is 0. The molecule has 6 rings (SSSR count). The van der Waals surface area contributed by atoms with E-state index in [2.05, 4.69) is 36.5 Å². The van der Waals surface area contributed by atoms with Gasteiger partial charge in [0.15, 0.2) is 0 Å². The Morgan fingerprint density at radius 3 is 2.10 bits per heavy atom. The second-order valence-electron chi connectivity index (χ2n) is 9.96. The molecule has 1 amide bonds. The highest BCUT2D eigenvalue weighted by molar-refractivity contribution is 6.04. The summed E-state index contributed by atoms with van der Waals surface area (Å²) in [4.78, 5) is 12.6. The summed E-state index contributed by atoms with van der Waals surface area (Å²) < 4.78 is 5.68. The van der Waals surface area contributed by atoms with Gasteiger partial charge in [-0.05, 0) is 110 Å². The van der Waals surface area contributed by atoms with Crippen molar-refractivity contribution >= 4 is 11.6 Å². The molecule has 0 spiro atoms. The van der Waals surface area contributed by atoms with Gasteiger partial charge in [-0.2, -0.15) is 0 Å². The minimum Gasteiger partial charge on any atom is -0.494 e. The molecule has 0 atom stereocenters. The van der Waals surface area contributed by atoms with Crippen molar-refractivity contribution in [1.82, 2.24) is 0 Å².